The van der Waals surface area contributed by atoms with Crippen molar-refractivity contribution in [1.29, 1.82) is 0 Å². The highest BCUT2D eigenvalue weighted by Gasteiger charge is 2.14. The molecule has 0 saturated carbocycles. The van der Waals surface area contributed by atoms with Crippen LogP contribution in [0.4, 0.5) is 0 Å². The topological polar surface area (TPSA) is 30.5 Å². The zero-order valence-electron chi connectivity index (χ0n) is 18.0. The summed E-state index contributed by atoms with van der Waals surface area (Å²) in [5.74, 6) is 1.23. The van der Waals surface area contributed by atoms with Gasteiger partial charge in [0.1, 0.15) is 6.61 Å². The van der Waals surface area contributed by atoms with Gasteiger partial charge in [0.2, 0.25) is 0 Å². The lowest BCUT2D eigenvalue weighted by Gasteiger charge is -2.17. The summed E-state index contributed by atoms with van der Waals surface area (Å²) in [7, 11) is 0. The molecule has 0 aromatic heterocycles. The van der Waals surface area contributed by atoms with E-state index in [9.17, 15) is 0 Å². The van der Waals surface area contributed by atoms with Crippen LogP contribution in [-0.2, 0) is 19.6 Å². The van der Waals surface area contributed by atoms with Gasteiger partial charge in [0.25, 0.3) is 0 Å². The molecule has 5 heteroatoms. The van der Waals surface area contributed by atoms with E-state index < -0.39 is 0 Å². The molecular formula is C26H29Cl2NO2. The van der Waals surface area contributed by atoms with Crippen LogP contribution < -0.4 is 14.8 Å². The molecule has 0 unspecified atom stereocenters. The van der Waals surface area contributed by atoms with Crippen LogP contribution >= 0.6 is 23.2 Å². The molecule has 0 amide bonds. The number of ether oxygens (including phenoxy) is 2. The fraction of sp³-hybridized carbons (Fsp3) is 0.308. The number of benzene rings is 3. The Labute approximate surface area is 195 Å². The molecule has 3 aromatic carbocycles. The molecule has 0 aliphatic rings. The van der Waals surface area contributed by atoms with Crippen LogP contribution in [0.1, 0.15) is 37.0 Å². The molecule has 31 heavy (non-hydrogen) atoms. The van der Waals surface area contributed by atoms with Crippen molar-refractivity contribution in [3.63, 3.8) is 0 Å². The molecule has 1 N–H and O–H groups in total. The molecule has 3 aromatic rings. The molecule has 0 bridgehead atoms. The van der Waals surface area contributed by atoms with Crippen LogP contribution in [0.3, 0.4) is 0 Å². The van der Waals surface area contributed by atoms with Gasteiger partial charge in [0.05, 0.1) is 11.6 Å². The number of nitrogens with one attached hydrogen (secondary N) is 1. The van der Waals surface area contributed by atoms with Gasteiger partial charge in [-0.05, 0) is 67.6 Å². The lowest BCUT2D eigenvalue weighted by molar-refractivity contribution is 0.269. The minimum absolute atomic E-state index is 0.385. The van der Waals surface area contributed by atoms with E-state index in [1.54, 1.807) is 0 Å². The molecule has 0 radical (unpaired) electrons. The Balaban J connectivity index is 1.60. The molecule has 0 spiro atoms. The van der Waals surface area contributed by atoms with Crippen LogP contribution in [0.15, 0.2) is 66.7 Å². The van der Waals surface area contributed by atoms with E-state index >= 15 is 0 Å². The second kappa shape index (κ2) is 12.0. The minimum Gasteiger partial charge on any atom is -0.490 e. The van der Waals surface area contributed by atoms with E-state index in [1.807, 2.05) is 49.4 Å². The Kier molecular flexibility index (Phi) is 9.08. The highest BCUT2D eigenvalue weighted by molar-refractivity contribution is 6.32. The van der Waals surface area contributed by atoms with Gasteiger partial charge in [0, 0.05) is 17.6 Å². The van der Waals surface area contributed by atoms with E-state index in [4.69, 9.17) is 32.7 Å². The number of hydrogen-bond donors (Lipinski definition) is 1. The smallest absolute Gasteiger partial charge is 0.180 e. The fourth-order valence-corrected chi connectivity index (χ4v) is 3.70. The quantitative estimate of drug-likeness (QED) is 0.333. The zero-order chi connectivity index (χ0) is 22.1. The van der Waals surface area contributed by atoms with E-state index in [1.165, 1.54) is 5.56 Å². The Morgan fingerprint density at radius 2 is 1.61 bits per heavy atom. The molecule has 0 heterocycles. The summed E-state index contributed by atoms with van der Waals surface area (Å²) in [5, 5.41) is 4.83. The summed E-state index contributed by atoms with van der Waals surface area (Å²) in [6.07, 6.45) is 2.12. The van der Waals surface area contributed by atoms with E-state index in [0.29, 0.717) is 47.3 Å². The molecular weight excluding hydrogens is 429 g/mol. The number of aryl methyl sites for hydroxylation is 1. The first kappa shape index (κ1) is 23.5. The monoisotopic (exact) mass is 457 g/mol. The Morgan fingerprint density at radius 1 is 0.871 bits per heavy atom. The van der Waals surface area contributed by atoms with Gasteiger partial charge >= 0.3 is 0 Å². The van der Waals surface area contributed by atoms with E-state index in [-0.39, 0.29) is 0 Å². The largest absolute Gasteiger partial charge is 0.490 e. The molecule has 164 valence electrons. The summed E-state index contributed by atoms with van der Waals surface area (Å²) in [4.78, 5) is 0. The molecule has 3 nitrogen and oxygen atoms in total. The van der Waals surface area contributed by atoms with Crippen molar-refractivity contribution in [2.45, 2.75) is 45.9 Å². The first-order valence-electron chi connectivity index (χ1n) is 10.6. The number of rotatable bonds is 11. The first-order chi connectivity index (χ1) is 15.0. The van der Waals surface area contributed by atoms with Crippen molar-refractivity contribution >= 4 is 23.2 Å². The number of halogens is 2. The van der Waals surface area contributed by atoms with Crippen molar-refractivity contribution in [2.75, 3.05) is 6.61 Å². The third-order valence-electron chi connectivity index (χ3n) is 5.03. The van der Waals surface area contributed by atoms with Crippen molar-refractivity contribution in [1.82, 2.24) is 5.32 Å². The maximum Gasteiger partial charge on any atom is 0.180 e. The maximum absolute atomic E-state index is 6.56. The van der Waals surface area contributed by atoms with Gasteiger partial charge in [-0.25, -0.2) is 0 Å². The van der Waals surface area contributed by atoms with Gasteiger partial charge in [0.15, 0.2) is 11.5 Å². The SMILES string of the molecule is CCOc1cc(CN[C@H](C)CCc2ccccc2)cc(Cl)c1OCc1ccc(Cl)cc1. The summed E-state index contributed by atoms with van der Waals surface area (Å²) in [6.45, 7) is 5.81. The molecule has 0 aliphatic carbocycles. The van der Waals surface area contributed by atoms with Crippen LogP contribution in [0, 0.1) is 0 Å². The second-order valence-electron chi connectivity index (χ2n) is 7.56. The minimum atomic E-state index is 0.385. The lowest BCUT2D eigenvalue weighted by atomic mass is 10.1. The lowest BCUT2D eigenvalue weighted by Crippen LogP contribution is -2.26. The maximum atomic E-state index is 6.56. The summed E-state index contributed by atoms with van der Waals surface area (Å²) in [6, 6.07) is 22.5. The third-order valence-corrected chi connectivity index (χ3v) is 5.56. The average Bonchev–Trinajstić information content (AvgIpc) is 2.78. The predicted molar refractivity (Wildman–Crippen MR) is 129 cm³/mol. The Bertz CT molecular complexity index is 946. The molecule has 1 atom stereocenters. The Morgan fingerprint density at radius 3 is 2.32 bits per heavy atom. The third kappa shape index (κ3) is 7.46. The zero-order valence-corrected chi connectivity index (χ0v) is 19.5. The highest BCUT2D eigenvalue weighted by atomic mass is 35.5. The molecule has 0 aliphatic heterocycles. The Hall–Kier alpha value is -2.20. The molecule has 3 rings (SSSR count). The highest BCUT2D eigenvalue weighted by Crippen LogP contribution is 2.37. The summed E-state index contributed by atoms with van der Waals surface area (Å²) in [5.41, 5.74) is 3.44. The number of hydrogen-bond acceptors (Lipinski definition) is 3. The normalized spacial score (nSPS) is 11.9. The van der Waals surface area contributed by atoms with Crippen molar-refractivity contribution in [3.05, 3.63) is 93.5 Å². The van der Waals surface area contributed by atoms with Gasteiger partial charge in [-0.15, -0.1) is 0 Å². The summed E-state index contributed by atoms with van der Waals surface area (Å²) >= 11 is 12.5. The standard InChI is InChI=1S/C26H29Cl2NO2/c1-3-30-25-16-22(17-29-19(2)9-10-20-7-5-4-6-8-20)15-24(28)26(25)31-18-21-11-13-23(27)14-12-21/h4-8,11-16,19,29H,3,9-10,17-18H2,1-2H3/t19-/m1/s1. The predicted octanol–water partition coefficient (Wildman–Crippen LogP) is 7.08. The van der Waals surface area contributed by atoms with Crippen LogP contribution in [0.2, 0.25) is 10.0 Å². The first-order valence-corrected chi connectivity index (χ1v) is 11.4. The fourth-order valence-electron chi connectivity index (χ4n) is 3.28. The van der Waals surface area contributed by atoms with Crippen LogP contribution in [-0.4, -0.2) is 12.6 Å². The summed E-state index contributed by atoms with van der Waals surface area (Å²) < 4.78 is 11.8. The second-order valence-corrected chi connectivity index (χ2v) is 8.40. The van der Waals surface area contributed by atoms with Crippen molar-refractivity contribution in [2.24, 2.45) is 0 Å². The van der Waals surface area contributed by atoms with Gasteiger partial charge < -0.3 is 14.8 Å². The van der Waals surface area contributed by atoms with E-state index in [0.717, 1.165) is 24.0 Å². The average molecular weight is 458 g/mol. The van der Waals surface area contributed by atoms with Gasteiger partial charge in [-0.1, -0.05) is 65.7 Å². The van der Waals surface area contributed by atoms with E-state index in [2.05, 4.69) is 36.5 Å². The van der Waals surface area contributed by atoms with Crippen molar-refractivity contribution < 1.29 is 9.47 Å². The van der Waals surface area contributed by atoms with Gasteiger partial charge in [-0.3, -0.25) is 0 Å². The molecule has 0 saturated heterocycles. The van der Waals surface area contributed by atoms with Crippen LogP contribution in [0.25, 0.3) is 0 Å². The molecule has 0 fully saturated rings. The van der Waals surface area contributed by atoms with Crippen molar-refractivity contribution in [3.8, 4) is 11.5 Å². The van der Waals surface area contributed by atoms with Crippen LogP contribution in [0.5, 0.6) is 11.5 Å². The van der Waals surface area contributed by atoms with Gasteiger partial charge in [-0.2, -0.15) is 0 Å².